The third-order valence-corrected chi connectivity index (χ3v) is 3.84. The first-order valence-corrected chi connectivity index (χ1v) is 7.81. The fraction of sp³-hybridized carbons (Fsp3) is 0.167. The number of methoxy groups -OCH3 is 3. The highest BCUT2D eigenvalue weighted by atomic mass is 19.1. The Kier molecular flexibility index (Phi) is 4.93. The van der Waals surface area contributed by atoms with Crippen LogP contribution in [0.5, 0.6) is 17.2 Å². The van der Waals surface area contributed by atoms with Gasteiger partial charge in [-0.25, -0.2) is 4.39 Å². The van der Waals surface area contributed by atoms with E-state index in [0.29, 0.717) is 22.8 Å². The first-order valence-electron chi connectivity index (χ1n) is 7.81. The topological polar surface area (TPSA) is 101 Å². The molecule has 0 aliphatic rings. The Morgan fingerprint density at radius 1 is 1.04 bits per heavy atom. The molecule has 0 radical (unpaired) electrons. The van der Waals surface area contributed by atoms with Gasteiger partial charge in [-0.05, 0) is 36.4 Å². The number of anilines is 1. The van der Waals surface area contributed by atoms with Gasteiger partial charge < -0.3 is 19.9 Å². The smallest absolute Gasteiger partial charge is 0.281 e. The summed E-state index contributed by atoms with van der Waals surface area (Å²) in [6, 6.07) is 8.52. The van der Waals surface area contributed by atoms with Gasteiger partial charge in [0.1, 0.15) is 5.82 Å². The highest BCUT2D eigenvalue weighted by Gasteiger charge is 2.21. The maximum atomic E-state index is 13.1. The largest absolute Gasteiger partial charge is 0.493 e. The van der Waals surface area contributed by atoms with E-state index in [0.717, 1.165) is 4.68 Å². The summed E-state index contributed by atoms with van der Waals surface area (Å²) in [7, 11) is 4.36. The zero-order chi connectivity index (χ0) is 19.6. The van der Waals surface area contributed by atoms with E-state index in [1.165, 1.54) is 57.7 Å². The van der Waals surface area contributed by atoms with Crippen molar-refractivity contribution < 1.29 is 23.4 Å². The molecule has 0 bridgehead atoms. The number of carbonyl (C=O) groups is 1. The van der Waals surface area contributed by atoms with Crippen molar-refractivity contribution in [3.05, 3.63) is 47.8 Å². The maximum Gasteiger partial charge on any atom is 0.281 e. The first kappa shape index (κ1) is 18.2. The zero-order valence-electron chi connectivity index (χ0n) is 14.9. The second-order valence-electron chi connectivity index (χ2n) is 5.43. The quantitative estimate of drug-likeness (QED) is 0.734. The lowest BCUT2D eigenvalue weighted by atomic mass is 10.1. The maximum absolute atomic E-state index is 13.1. The molecule has 3 rings (SSSR count). The van der Waals surface area contributed by atoms with Gasteiger partial charge in [-0.1, -0.05) is 0 Å². The van der Waals surface area contributed by atoms with Gasteiger partial charge in [0.05, 0.1) is 21.3 Å². The number of rotatable bonds is 5. The lowest BCUT2D eigenvalue weighted by molar-refractivity contribution is 0.0947. The third-order valence-electron chi connectivity index (χ3n) is 3.84. The number of hydrogen-bond donors (Lipinski definition) is 1. The highest BCUT2D eigenvalue weighted by molar-refractivity contribution is 5.98. The summed E-state index contributed by atoms with van der Waals surface area (Å²) in [5.74, 6) is 0.166. The van der Waals surface area contributed by atoms with Crippen LogP contribution < -0.4 is 19.9 Å². The van der Waals surface area contributed by atoms with Crippen LogP contribution in [0.1, 0.15) is 10.4 Å². The Morgan fingerprint density at radius 2 is 1.63 bits per heavy atom. The summed E-state index contributed by atoms with van der Waals surface area (Å²) in [4.78, 5) is 16.9. The second kappa shape index (κ2) is 7.32. The zero-order valence-corrected chi connectivity index (χ0v) is 14.9. The lowest BCUT2D eigenvalue weighted by Crippen LogP contribution is -2.16. The minimum absolute atomic E-state index is 0.104. The Balaban J connectivity index is 2.02. The molecule has 27 heavy (non-hydrogen) atoms. The molecule has 0 atom stereocenters. The van der Waals surface area contributed by atoms with Crippen LogP contribution in [0.4, 0.5) is 10.3 Å². The number of nitrogens with zero attached hydrogens (tertiary/aromatic N) is 3. The molecule has 0 aliphatic carbocycles. The van der Waals surface area contributed by atoms with E-state index in [2.05, 4.69) is 10.1 Å². The van der Waals surface area contributed by atoms with Gasteiger partial charge in [0.25, 0.3) is 5.91 Å². The van der Waals surface area contributed by atoms with Crippen molar-refractivity contribution in [2.45, 2.75) is 0 Å². The van der Waals surface area contributed by atoms with Crippen LogP contribution in [0.3, 0.4) is 0 Å². The number of carbonyl (C=O) groups excluding carboxylic acids is 1. The fourth-order valence-corrected chi connectivity index (χ4v) is 2.52. The van der Waals surface area contributed by atoms with Gasteiger partial charge in [0.15, 0.2) is 17.3 Å². The molecule has 2 N–H and O–H groups in total. The third kappa shape index (κ3) is 3.39. The standard InChI is InChI=1S/C18H17FN4O4/c1-25-13-8-11(9-14(26-2)15(13)27-3)17(24)23-18(20)21-16(22-23)10-4-6-12(19)7-5-10/h4-9H,1-3H3,(H2,20,21,22). The van der Waals surface area contributed by atoms with Crippen molar-refractivity contribution in [3.63, 3.8) is 0 Å². The predicted molar refractivity (Wildman–Crippen MR) is 95.7 cm³/mol. The molecule has 140 valence electrons. The van der Waals surface area contributed by atoms with Gasteiger partial charge >= 0.3 is 0 Å². The highest BCUT2D eigenvalue weighted by Crippen LogP contribution is 2.38. The van der Waals surface area contributed by atoms with Crippen LogP contribution in [-0.4, -0.2) is 42.0 Å². The molecule has 0 saturated carbocycles. The molecule has 1 heterocycles. The number of nitrogen functional groups attached to an aromatic ring is 1. The molecule has 1 aromatic heterocycles. The molecular weight excluding hydrogens is 355 g/mol. The van der Waals surface area contributed by atoms with Crippen molar-refractivity contribution in [2.24, 2.45) is 0 Å². The Morgan fingerprint density at radius 3 is 2.15 bits per heavy atom. The molecule has 3 aromatic rings. The summed E-state index contributed by atoms with van der Waals surface area (Å²) in [6.45, 7) is 0. The van der Waals surface area contributed by atoms with Gasteiger partial charge in [0.2, 0.25) is 11.7 Å². The van der Waals surface area contributed by atoms with E-state index in [9.17, 15) is 9.18 Å². The summed E-state index contributed by atoms with van der Waals surface area (Å²) >= 11 is 0. The number of aromatic nitrogens is 3. The van der Waals surface area contributed by atoms with Crippen LogP contribution >= 0.6 is 0 Å². The molecule has 0 unspecified atom stereocenters. The Hall–Kier alpha value is -3.62. The van der Waals surface area contributed by atoms with Crippen LogP contribution in [-0.2, 0) is 0 Å². The number of ether oxygens (including phenoxy) is 3. The van der Waals surface area contributed by atoms with Crippen molar-refractivity contribution in [3.8, 4) is 28.6 Å². The fourth-order valence-electron chi connectivity index (χ4n) is 2.52. The summed E-state index contributed by atoms with van der Waals surface area (Å²) in [5, 5.41) is 4.14. The molecule has 8 nitrogen and oxygen atoms in total. The van der Waals surface area contributed by atoms with E-state index < -0.39 is 5.91 Å². The Bertz CT molecular complexity index is 961. The molecule has 0 aliphatic heterocycles. The van der Waals surface area contributed by atoms with Crippen LogP contribution in [0.15, 0.2) is 36.4 Å². The van der Waals surface area contributed by atoms with Crippen molar-refractivity contribution >= 4 is 11.9 Å². The lowest BCUT2D eigenvalue weighted by Gasteiger charge is -2.13. The normalized spacial score (nSPS) is 10.5. The van der Waals surface area contributed by atoms with E-state index in [4.69, 9.17) is 19.9 Å². The number of hydrogen-bond acceptors (Lipinski definition) is 7. The average molecular weight is 372 g/mol. The molecule has 0 saturated heterocycles. The summed E-state index contributed by atoms with van der Waals surface area (Å²) < 4.78 is 29.8. The van der Waals surface area contributed by atoms with Gasteiger partial charge in [-0.2, -0.15) is 9.67 Å². The van der Waals surface area contributed by atoms with Crippen molar-refractivity contribution in [1.82, 2.24) is 14.8 Å². The van der Waals surface area contributed by atoms with Gasteiger partial charge in [-0.3, -0.25) is 4.79 Å². The molecular formula is C18H17FN4O4. The number of halogens is 1. The van der Waals surface area contributed by atoms with Crippen molar-refractivity contribution in [1.29, 1.82) is 0 Å². The molecule has 0 spiro atoms. The molecule has 0 amide bonds. The van der Waals surface area contributed by atoms with Crippen molar-refractivity contribution in [2.75, 3.05) is 27.1 Å². The van der Waals surface area contributed by atoms with Crippen LogP contribution in [0.2, 0.25) is 0 Å². The van der Waals surface area contributed by atoms with E-state index in [1.807, 2.05) is 0 Å². The number of benzene rings is 2. The van der Waals surface area contributed by atoms with Gasteiger partial charge in [-0.15, -0.1) is 5.10 Å². The Labute approximate surface area is 154 Å². The molecule has 0 fully saturated rings. The number of nitrogens with two attached hydrogens (primary N) is 1. The van der Waals surface area contributed by atoms with Gasteiger partial charge in [0, 0.05) is 11.1 Å². The minimum atomic E-state index is -0.535. The van der Waals surface area contributed by atoms with E-state index in [-0.39, 0.29) is 23.2 Å². The first-order chi connectivity index (χ1) is 13.0. The molecule has 9 heteroatoms. The molecule has 2 aromatic carbocycles. The average Bonchev–Trinajstić information content (AvgIpc) is 3.08. The van der Waals surface area contributed by atoms with Crippen LogP contribution in [0, 0.1) is 5.82 Å². The van der Waals surface area contributed by atoms with E-state index in [1.54, 1.807) is 0 Å². The van der Waals surface area contributed by atoms with Crippen LogP contribution in [0.25, 0.3) is 11.4 Å². The van der Waals surface area contributed by atoms with E-state index >= 15 is 0 Å². The second-order valence-corrected chi connectivity index (χ2v) is 5.43. The monoisotopic (exact) mass is 372 g/mol. The predicted octanol–water partition coefficient (Wildman–Crippen LogP) is 2.38. The minimum Gasteiger partial charge on any atom is -0.493 e. The summed E-state index contributed by atoms with van der Waals surface area (Å²) in [5.41, 5.74) is 6.59. The SMILES string of the molecule is COc1cc(C(=O)n2nc(-c3ccc(F)cc3)nc2N)cc(OC)c1OC. The summed E-state index contributed by atoms with van der Waals surface area (Å²) in [6.07, 6.45) is 0.